The van der Waals surface area contributed by atoms with Crippen molar-refractivity contribution in [2.75, 3.05) is 18.8 Å². The fourth-order valence-electron chi connectivity index (χ4n) is 2.98. The molecule has 4 nitrogen and oxygen atoms in total. The van der Waals surface area contributed by atoms with Crippen LogP contribution in [0.5, 0.6) is 0 Å². The molecule has 0 bridgehead atoms. The van der Waals surface area contributed by atoms with E-state index in [0.29, 0.717) is 0 Å². The molecule has 4 heteroatoms. The van der Waals surface area contributed by atoms with Gasteiger partial charge in [-0.15, -0.1) is 0 Å². The van der Waals surface area contributed by atoms with Crippen LogP contribution in [0.15, 0.2) is 18.3 Å². The minimum atomic E-state index is 0.0280. The summed E-state index contributed by atoms with van der Waals surface area (Å²) >= 11 is 0. The van der Waals surface area contributed by atoms with Crippen LogP contribution in [-0.2, 0) is 12.0 Å². The van der Waals surface area contributed by atoms with E-state index in [1.807, 2.05) is 18.3 Å². The van der Waals surface area contributed by atoms with E-state index in [2.05, 4.69) is 43.9 Å². The summed E-state index contributed by atoms with van der Waals surface area (Å²) in [6.07, 6.45) is 4.34. The molecule has 0 aliphatic carbocycles. The molecule has 0 amide bonds. The summed E-state index contributed by atoms with van der Waals surface area (Å²) in [5, 5.41) is 0. The van der Waals surface area contributed by atoms with Gasteiger partial charge in [-0.25, -0.2) is 4.98 Å². The SMILES string of the molecule is CCCN(CCC)Cc1c(C(C)(C)C)nc2ccc(N)cn12. The Hall–Kier alpha value is -1.55. The quantitative estimate of drug-likeness (QED) is 0.882. The van der Waals surface area contributed by atoms with E-state index >= 15 is 0 Å². The molecule has 0 radical (unpaired) electrons. The van der Waals surface area contributed by atoms with E-state index in [-0.39, 0.29) is 5.41 Å². The largest absolute Gasteiger partial charge is 0.398 e. The summed E-state index contributed by atoms with van der Waals surface area (Å²) in [6, 6.07) is 3.94. The first-order valence-electron chi connectivity index (χ1n) is 8.36. The average Bonchev–Trinajstić information content (AvgIpc) is 2.78. The van der Waals surface area contributed by atoms with Crippen molar-refractivity contribution in [3.63, 3.8) is 0 Å². The zero-order valence-electron chi connectivity index (χ0n) is 14.7. The summed E-state index contributed by atoms with van der Waals surface area (Å²) in [4.78, 5) is 7.39. The third kappa shape index (κ3) is 3.61. The van der Waals surface area contributed by atoms with Gasteiger partial charge in [0.05, 0.1) is 11.4 Å². The van der Waals surface area contributed by atoms with Crippen LogP contribution in [0.1, 0.15) is 58.8 Å². The molecular weight excluding hydrogens is 272 g/mol. The molecule has 0 atom stereocenters. The third-order valence-electron chi connectivity index (χ3n) is 3.90. The molecule has 0 unspecified atom stereocenters. The molecule has 2 aromatic heterocycles. The van der Waals surface area contributed by atoms with E-state index in [1.165, 1.54) is 24.2 Å². The fraction of sp³-hybridized carbons (Fsp3) is 0.611. The van der Waals surface area contributed by atoms with Crippen molar-refractivity contribution in [2.24, 2.45) is 0 Å². The Bertz CT molecular complexity index is 616. The van der Waals surface area contributed by atoms with Crippen molar-refractivity contribution in [3.05, 3.63) is 29.7 Å². The smallest absolute Gasteiger partial charge is 0.137 e. The van der Waals surface area contributed by atoms with Crippen molar-refractivity contribution in [1.82, 2.24) is 14.3 Å². The maximum atomic E-state index is 6.00. The van der Waals surface area contributed by atoms with Crippen LogP contribution in [0.4, 0.5) is 5.69 Å². The molecule has 22 heavy (non-hydrogen) atoms. The zero-order chi connectivity index (χ0) is 16.3. The Kier molecular flexibility index (Phi) is 5.12. The van der Waals surface area contributed by atoms with Crippen LogP contribution in [0, 0.1) is 0 Å². The summed E-state index contributed by atoms with van der Waals surface area (Å²) < 4.78 is 2.17. The van der Waals surface area contributed by atoms with Gasteiger partial charge in [0.1, 0.15) is 5.65 Å². The molecule has 0 aromatic carbocycles. The molecule has 0 saturated carbocycles. The van der Waals surface area contributed by atoms with E-state index in [4.69, 9.17) is 10.7 Å². The van der Waals surface area contributed by atoms with Gasteiger partial charge in [-0.05, 0) is 38.1 Å². The van der Waals surface area contributed by atoms with E-state index in [0.717, 1.165) is 31.0 Å². The number of anilines is 1. The molecule has 0 fully saturated rings. The van der Waals surface area contributed by atoms with Crippen molar-refractivity contribution >= 4 is 11.3 Å². The number of nitrogens with zero attached hydrogens (tertiary/aromatic N) is 3. The first-order chi connectivity index (χ1) is 10.4. The lowest BCUT2D eigenvalue weighted by atomic mass is 9.90. The first kappa shape index (κ1) is 16.8. The first-order valence-corrected chi connectivity index (χ1v) is 8.36. The fourth-order valence-corrected chi connectivity index (χ4v) is 2.98. The Morgan fingerprint density at radius 3 is 2.32 bits per heavy atom. The number of hydrogen-bond acceptors (Lipinski definition) is 3. The van der Waals surface area contributed by atoms with Gasteiger partial charge in [0.25, 0.3) is 0 Å². The Morgan fingerprint density at radius 2 is 1.77 bits per heavy atom. The summed E-state index contributed by atoms with van der Waals surface area (Å²) in [6.45, 7) is 14.3. The highest BCUT2D eigenvalue weighted by atomic mass is 15.1. The van der Waals surface area contributed by atoms with Gasteiger partial charge in [0.2, 0.25) is 0 Å². The van der Waals surface area contributed by atoms with E-state index < -0.39 is 0 Å². The molecular formula is C18H30N4. The van der Waals surface area contributed by atoms with Crippen LogP contribution in [-0.4, -0.2) is 27.4 Å². The standard InChI is InChI=1S/C18H30N4/c1-6-10-21(11-7-2)13-15-17(18(3,4)5)20-16-9-8-14(19)12-22(15)16/h8-9,12H,6-7,10-11,13,19H2,1-5H3. The average molecular weight is 302 g/mol. The number of rotatable bonds is 6. The van der Waals surface area contributed by atoms with Crippen LogP contribution in [0.3, 0.4) is 0 Å². The van der Waals surface area contributed by atoms with Gasteiger partial charge in [0.15, 0.2) is 0 Å². The van der Waals surface area contributed by atoms with Crippen LogP contribution >= 0.6 is 0 Å². The number of imidazole rings is 1. The lowest BCUT2D eigenvalue weighted by Crippen LogP contribution is -2.27. The molecule has 0 spiro atoms. The lowest BCUT2D eigenvalue weighted by Gasteiger charge is -2.24. The van der Waals surface area contributed by atoms with Gasteiger partial charge in [-0.3, -0.25) is 4.90 Å². The van der Waals surface area contributed by atoms with Gasteiger partial charge in [-0.2, -0.15) is 0 Å². The highest BCUT2D eigenvalue weighted by Crippen LogP contribution is 2.28. The maximum absolute atomic E-state index is 6.00. The highest BCUT2D eigenvalue weighted by Gasteiger charge is 2.24. The second-order valence-corrected chi connectivity index (χ2v) is 7.12. The van der Waals surface area contributed by atoms with Crippen molar-refractivity contribution in [1.29, 1.82) is 0 Å². The number of fused-ring (bicyclic) bond motifs is 1. The predicted octanol–water partition coefficient (Wildman–Crippen LogP) is 3.84. The highest BCUT2D eigenvalue weighted by molar-refractivity contribution is 5.51. The van der Waals surface area contributed by atoms with Gasteiger partial charge in [0, 0.05) is 23.8 Å². The topological polar surface area (TPSA) is 46.6 Å². The molecule has 0 aliphatic heterocycles. The maximum Gasteiger partial charge on any atom is 0.137 e. The number of pyridine rings is 1. The number of hydrogen-bond donors (Lipinski definition) is 1. The summed E-state index contributed by atoms with van der Waals surface area (Å²) in [5.74, 6) is 0. The molecule has 2 rings (SSSR count). The molecule has 2 aromatic rings. The Balaban J connectivity index is 2.50. The summed E-state index contributed by atoms with van der Waals surface area (Å²) in [5.41, 5.74) is 10.2. The second-order valence-electron chi connectivity index (χ2n) is 7.12. The molecule has 2 heterocycles. The summed E-state index contributed by atoms with van der Waals surface area (Å²) in [7, 11) is 0. The van der Waals surface area contributed by atoms with Gasteiger partial charge < -0.3 is 10.1 Å². The minimum Gasteiger partial charge on any atom is -0.398 e. The number of nitrogens with two attached hydrogens (primary N) is 1. The minimum absolute atomic E-state index is 0.0280. The van der Waals surface area contributed by atoms with Crippen molar-refractivity contribution in [2.45, 2.75) is 59.4 Å². The molecule has 2 N–H and O–H groups in total. The van der Waals surface area contributed by atoms with Gasteiger partial charge >= 0.3 is 0 Å². The number of nitrogen functional groups attached to an aromatic ring is 1. The zero-order valence-corrected chi connectivity index (χ0v) is 14.7. The number of aromatic nitrogens is 2. The molecule has 122 valence electrons. The Morgan fingerprint density at radius 1 is 1.14 bits per heavy atom. The van der Waals surface area contributed by atoms with Crippen LogP contribution in [0.2, 0.25) is 0 Å². The third-order valence-corrected chi connectivity index (χ3v) is 3.90. The monoisotopic (exact) mass is 302 g/mol. The van der Waals surface area contributed by atoms with E-state index in [1.54, 1.807) is 0 Å². The van der Waals surface area contributed by atoms with Crippen LogP contribution in [0.25, 0.3) is 5.65 Å². The predicted molar refractivity (Wildman–Crippen MR) is 94.2 cm³/mol. The normalized spacial score (nSPS) is 12.5. The van der Waals surface area contributed by atoms with E-state index in [9.17, 15) is 0 Å². The van der Waals surface area contributed by atoms with Crippen LogP contribution < -0.4 is 5.73 Å². The lowest BCUT2D eigenvalue weighted by molar-refractivity contribution is 0.260. The van der Waals surface area contributed by atoms with Crippen molar-refractivity contribution in [3.8, 4) is 0 Å². The molecule has 0 saturated heterocycles. The van der Waals surface area contributed by atoms with Crippen molar-refractivity contribution < 1.29 is 0 Å². The molecule has 0 aliphatic rings. The van der Waals surface area contributed by atoms with Gasteiger partial charge in [-0.1, -0.05) is 34.6 Å². The second kappa shape index (κ2) is 6.69. The Labute approximate surface area is 134 Å².